The third kappa shape index (κ3) is 4.11. The largest absolute Gasteiger partial charge is 0.361 e. The van der Waals surface area contributed by atoms with Crippen LogP contribution >= 0.6 is 23.5 Å². The summed E-state index contributed by atoms with van der Waals surface area (Å²) >= 11 is 2.79. The van der Waals surface area contributed by atoms with Gasteiger partial charge in [-0.05, 0) is 25.0 Å². The van der Waals surface area contributed by atoms with E-state index in [2.05, 4.69) is 31.2 Å². The van der Waals surface area contributed by atoms with E-state index in [1.165, 1.54) is 22.7 Å². The van der Waals surface area contributed by atoms with Gasteiger partial charge in [0.2, 0.25) is 5.91 Å². The first kappa shape index (κ1) is 16.0. The van der Waals surface area contributed by atoms with Gasteiger partial charge in [0, 0.05) is 29.4 Å². The molecular formula is C16H18N4OS2. The van der Waals surface area contributed by atoms with Gasteiger partial charge in [-0.15, -0.1) is 11.8 Å². The van der Waals surface area contributed by atoms with Crippen molar-refractivity contribution in [3.8, 4) is 0 Å². The SMILES string of the molecule is Cc1nsnc1CSCC(=O)NCCc1c[nH]c2ccccc12. The number of thioether (sulfide) groups is 1. The van der Waals surface area contributed by atoms with Crippen LogP contribution in [0.15, 0.2) is 30.5 Å². The van der Waals surface area contributed by atoms with Crippen molar-refractivity contribution in [2.24, 2.45) is 0 Å². The molecule has 0 unspecified atom stereocenters. The first-order chi connectivity index (χ1) is 11.2. The lowest BCUT2D eigenvalue weighted by Gasteiger charge is -2.04. The van der Waals surface area contributed by atoms with E-state index in [0.29, 0.717) is 12.3 Å². The van der Waals surface area contributed by atoms with Crippen LogP contribution in [-0.2, 0) is 17.0 Å². The van der Waals surface area contributed by atoms with E-state index < -0.39 is 0 Å². The van der Waals surface area contributed by atoms with Crippen molar-refractivity contribution >= 4 is 40.3 Å². The Bertz CT molecular complexity index is 796. The fraction of sp³-hybridized carbons (Fsp3) is 0.312. The van der Waals surface area contributed by atoms with Gasteiger partial charge in [0.25, 0.3) is 0 Å². The Hall–Kier alpha value is -1.86. The zero-order chi connectivity index (χ0) is 16.1. The van der Waals surface area contributed by atoms with Crippen molar-refractivity contribution in [3.05, 3.63) is 47.4 Å². The molecule has 0 aliphatic rings. The van der Waals surface area contributed by atoms with Gasteiger partial charge in [-0.2, -0.15) is 8.75 Å². The molecule has 2 aromatic heterocycles. The number of para-hydroxylation sites is 1. The van der Waals surface area contributed by atoms with Crippen LogP contribution in [0.3, 0.4) is 0 Å². The fourth-order valence-electron chi connectivity index (χ4n) is 2.35. The smallest absolute Gasteiger partial charge is 0.230 e. The van der Waals surface area contributed by atoms with Gasteiger partial charge < -0.3 is 10.3 Å². The van der Waals surface area contributed by atoms with Crippen LogP contribution in [-0.4, -0.2) is 31.9 Å². The average molecular weight is 346 g/mol. The summed E-state index contributed by atoms with van der Waals surface area (Å²) in [7, 11) is 0. The normalized spacial score (nSPS) is 11.0. The number of H-pyrrole nitrogens is 1. The van der Waals surface area contributed by atoms with E-state index in [1.54, 1.807) is 11.8 Å². The van der Waals surface area contributed by atoms with Gasteiger partial charge in [0.05, 0.1) is 28.9 Å². The maximum Gasteiger partial charge on any atom is 0.230 e. The molecular weight excluding hydrogens is 328 g/mol. The molecule has 0 spiro atoms. The molecule has 3 rings (SSSR count). The van der Waals surface area contributed by atoms with Gasteiger partial charge in [-0.25, -0.2) is 0 Å². The van der Waals surface area contributed by atoms with Gasteiger partial charge >= 0.3 is 0 Å². The molecule has 2 N–H and O–H groups in total. The molecule has 2 heterocycles. The number of nitrogens with zero attached hydrogens (tertiary/aromatic N) is 2. The van der Waals surface area contributed by atoms with E-state index in [1.807, 2.05) is 25.3 Å². The van der Waals surface area contributed by atoms with Gasteiger partial charge in [0.15, 0.2) is 0 Å². The van der Waals surface area contributed by atoms with E-state index in [0.717, 1.165) is 29.1 Å². The van der Waals surface area contributed by atoms with Crippen LogP contribution < -0.4 is 5.32 Å². The number of aromatic amines is 1. The molecule has 7 heteroatoms. The second kappa shape index (κ2) is 7.61. The van der Waals surface area contributed by atoms with Crippen LogP contribution in [0.25, 0.3) is 10.9 Å². The summed E-state index contributed by atoms with van der Waals surface area (Å²) < 4.78 is 8.34. The van der Waals surface area contributed by atoms with Crippen LogP contribution in [0.5, 0.6) is 0 Å². The van der Waals surface area contributed by atoms with Crippen LogP contribution in [0.2, 0.25) is 0 Å². The summed E-state index contributed by atoms with van der Waals surface area (Å²) in [5.41, 5.74) is 4.31. The maximum atomic E-state index is 11.9. The average Bonchev–Trinajstić information content (AvgIpc) is 3.15. The molecule has 0 aliphatic carbocycles. The van der Waals surface area contributed by atoms with Crippen molar-refractivity contribution in [2.75, 3.05) is 12.3 Å². The number of carbonyl (C=O) groups excluding carboxylic acids is 1. The fourth-order valence-corrected chi connectivity index (χ4v) is 3.85. The number of rotatable bonds is 7. The van der Waals surface area contributed by atoms with E-state index in [-0.39, 0.29) is 5.91 Å². The van der Waals surface area contributed by atoms with Crippen molar-refractivity contribution in [2.45, 2.75) is 19.1 Å². The Labute approximate surface area is 143 Å². The predicted molar refractivity (Wildman–Crippen MR) is 95.8 cm³/mol. The number of fused-ring (bicyclic) bond motifs is 1. The highest BCUT2D eigenvalue weighted by Gasteiger charge is 2.07. The number of amides is 1. The Morgan fingerprint density at radius 1 is 1.35 bits per heavy atom. The summed E-state index contributed by atoms with van der Waals surface area (Å²) in [4.78, 5) is 15.1. The van der Waals surface area contributed by atoms with Gasteiger partial charge in [0.1, 0.15) is 0 Å². The van der Waals surface area contributed by atoms with Crippen LogP contribution in [0.1, 0.15) is 17.0 Å². The van der Waals surface area contributed by atoms with Crippen molar-refractivity contribution in [1.82, 2.24) is 19.0 Å². The molecule has 1 aromatic carbocycles. The van der Waals surface area contributed by atoms with E-state index in [4.69, 9.17) is 0 Å². The molecule has 0 fully saturated rings. The third-order valence-corrected chi connectivity index (χ3v) is 5.21. The monoisotopic (exact) mass is 346 g/mol. The van der Waals surface area contributed by atoms with E-state index in [9.17, 15) is 4.79 Å². The highest BCUT2D eigenvalue weighted by Crippen LogP contribution is 2.17. The standard InChI is InChI=1S/C16H18N4OS2/c1-11-15(20-23-19-11)9-22-10-16(21)17-7-6-12-8-18-14-5-3-2-4-13(12)14/h2-5,8,18H,6-7,9-10H2,1H3,(H,17,21). The molecule has 0 saturated carbocycles. The van der Waals surface area contributed by atoms with Crippen LogP contribution in [0, 0.1) is 6.92 Å². The minimum Gasteiger partial charge on any atom is -0.361 e. The molecule has 120 valence electrons. The second-order valence-electron chi connectivity index (χ2n) is 5.25. The Kier molecular flexibility index (Phi) is 5.30. The summed E-state index contributed by atoms with van der Waals surface area (Å²) in [6.45, 7) is 2.60. The molecule has 5 nitrogen and oxygen atoms in total. The minimum absolute atomic E-state index is 0.0654. The molecule has 0 radical (unpaired) electrons. The van der Waals surface area contributed by atoms with Crippen molar-refractivity contribution in [1.29, 1.82) is 0 Å². The Morgan fingerprint density at radius 3 is 3.04 bits per heavy atom. The molecule has 0 saturated heterocycles. The van der Waals surface area contributed by atoms with Gasteiger partial charge in [-0.3, -0.25) is 4.79 Å². The highest BCUT2D eigenvalue weighted by atomic mass is 32.2. The highest BCUT2D eigenvalue weighted by molar-refractivity contribution is 7.99. The predicted octanol–water partition coefficient (Wildman–Crippen LogP) is 2.92. The summed E-state index contributed by atoms with van der Waals surface area (Å²) in [6.07, 6.45) is 2.85. The number of aryl methyl sites for hydroxylation is 1. The summed E-state index contributed by atoms with van der Waals surface area (Å²) in [5.74, 6) is 1.25. The quantitative estimate of drug-likeness (QED) is 0.690. The lowest BCUT2D eigenvalue weighted by molar-refractivity contribution is -0.118. The topological polar surface area (TPSA) is 70.7 Å². The summed E-state index contributed by atoms with van der Waals surface area (Å²) in [6, 6.07) is 8.21. The van der Waals surface area contributed by atoms with Crippen molar-refractivity contribution < 1.29 is 4.79 Å². The lowest BCUT2D eigenvalue weighted by Crippen LogP contribution is -2.27. The first-order valence-electron chi connectivity index (χ1n) is 7.41. The Balaban J connectivity index is 1.40. The Morgan fingerprint density at radius 2 is 2.22 bits per heavy atom. The number of aromatic nitrogens is 3. The third-order valence-electron chi connectivity index (χ3n) is 3.61. The number of benzene rings is 1. The summed E-state index contributed by atoms with van der Waals surface area (Å²) in [5, 5.41) is 4.20. The molecule has 0 aliphatic heterocycles. The number of carbonyl (C=O) groups is 1. The molecule has 0 bridgehead atoms. The number of hydrogen-bond donors (Lipinski definition) is 2. The molecule has 3 aromatic rings. The maximum absolute atomic E-state index is 11.9. The van der Waals surface area contributed by atoms with Gasteiger partial charge in [-0.1, -0.05) is 18.2 Å². The second-order valence-corrected chi connectivity index (χ2v) is 6.76. The van der Waals surface area contributed by atoms with E-state index >= 15 is 0 Å². The lowest BCUT2D eigenvalue weighted by atomic mass is 10.1. The zero-order valence-electron chi connectivity index (χ0n) is 12.8. The minimum atomic E-state index is 0.0654. The number of hydrogen-bond acceptors (Lipinski definition) is 5. The molecule has 1 amide bonds. The molecule has 23 heavy (non-hydrogen) atoms. The van der Waals surface area contributed by atoms with Crippen LogP contribution in [0.4, 0.5) is 0 Å². The first-order valence-corrected chi connectivity index (χ1v) is 9.30. The van der Waals surface area contributed by atoms with Crippen molar-refractivity contribution in [3.63, 3.8) is 0 Å². The number of nitrogens with one attached hydrogen (secondary N) is 2. The molecule has 0 atom stereocenters. The zero-order valence-corrected chi connectivity index (χ0v) is 14.5.